The Morgan fingerprint density at radius 2 is 1.75 bits per heavy atom. The largest absolute Gasteiger partial charge is 0.496 e. The molecule has 4 rings (SSSR count). The predicted molar refractivity (Wildman–Crippen MR) is 121 cm³/mol. The molecule has 0 unspecified atom stereocenters. The summed E-state index contributed by atoms with van der Waals surface area (Å²) in [5.74, 6) is 1.18. The molecule has 0 saturated carbocycles. The van der Waals surface area contributed by atoms with E-state index in [9.17, 15) is 8.42 Å². The minimum atomic E-state index is -3.82. The SMILES string of the molecule is COc1ccccc1-c1ccnc(Nc2ccc(S(=O)(=O)Nc3onc(C)c3C)cc2)n1. The lowest BCUT2D eigenvalue weighted by Gasteiger charge is -2.10. The molecular weight excluding hydrogens is 430 g/mol. The lowest BCUT2D eigenvalue weighted by Crippen LogP contribution is -2.13. The smallest absolute Gasteiger partial charge is 0.264 e. The number of hydrogen-bond acceptors (Lipinski definition) is 8. The number of aromatic nitrogens is 3. The Kier molecular flexibility index (Phi) is 5.78. The van der Waals surface area contributed by atoms with Crippen molar-refractivity contribution >= 4 is 27.5 Å². The van der Waals surface area contributed by atoms with Crippen LogP contribution in [0.5, 0.6) is 5.75 Å². The van der Waals surface area contributed by atoms with Crippen molar-refractivity contribution < 1.29 is 17.7 Å². The Morgan fingerprint density at radius 1 is 1.00 bits per heavy atom. The molecule has 2 heterocycles. The van der Waals surface area contributed by atoms with Gasteiger partial charge >= 0.3 is 0 Å². The van der Waals surface area contributed by atoms with Crippen LogP contribution in [0.1, 0.15) is 11.3 Å². The Morgan fingerprint density at radius 3 is 2.44 bits per heavy atom. The summed E-state index contributed by atoms with van der Waals surface area (Å²) in [5, 5.41) is 6.85. The maximum Gasteiger partial charge on any atom is 0.264 e. The second kappa shape index (κ2) is 8.67. The minimum absolute atomic E-state index is 0.0835. The molecule has 4 aromatic rings. The third-order valence-corrected chi connectivity index (χ3v) is 6.19. The summed E-state index contributed by atoms with van der Waals surface area (Å²) < 4.78 is 38.1. The highest BCUT2D eigenvalue weighted by molar-refractivity contribution is 7.92. The molecule has 0 aliphatic rings. The zero-order valence-corrected chi connectivity index (χ0v) is 18.5. The van der Waals surface area contributed by atoms with E-state index in [2.05, 4.69) is 25.2 Å². The van der Waals surface area contributed by atoms with Crippen molar-refractivity contribution in [3.8, 4) is 17.0 Å². The molecule has 0 saturated heterocycles. The van der Waals surface area contributed by atoms with Gasteiger partial charge in [-0.25, -0.2) is 23.1 Å². The number of anilines is 3. The van der Waals surface area contributed by atoms with Gasteiger partial charge in [-0.05, 0) is 56.3 Å². The number of aryl methyl sites for hydroxylation is 1. The molecule has 0 amide bonds. The van der Waals surface area contributed by atoms with Crippen LogP contribution in [0, 0.1) is 13.8 Å². The first kappa shape index (κ1) is 21.3. The molecule has 0 aliphatic carbocycles. The third kappa shape index (κ3) is 4.40. The van der Waals surface area contributed by atoms with Crippen molar-refractivity contribution in [3.63, 3.8) is 0 Å². The van der Waals surface area contributed by atoms with Gasteiger partial charge in [-0.3, -0.25) is 0 Å². The first-order valence-electron chi connectivity index (χ1n) is 9.66. The molecule has 0 fully saturated rings. The normalized spacial score (nSPS) is 11.2. The van der Waals surface area contributed by atoms with Gasteiger partial charge in [0, 0.05) is 23.0 Å². The average molecular weight is 452 g/mol. The van der Waals surface area contributed by atoms with Gasteiger partial charge in [0.15, 0.2) is 0 Å². The van der Waals surface area contributed by atoms with Gasteiger partial charge in [0.2, 0.25) is 11.8 Å². The summed E-state index contributed by atoms with van der Waals surface area (Å²) in [4.78, 5) is 8.86. The Labute approximate surface area is 185 Å². The van der Waals surface area contributed by atoms with E-state index in [0.717, 1.165) is 5.56 Å². The Hall–Kier alpha value is -3.92. The van der Waals surface area contributed by atoms with E-state index in [1.54, 1.807) is 45.4 Å². The van der Waals surface area contributed by atoms with Gasteiger partial charge < -0.3 is 14.6 Å². The zero-order valence-electron chi connectivity index (χ0n) is 17.7. The molecule has 2 N–H and O–H groups in total. The molecule has 10 heteroatoms. The number of sulfonamides is 1. The second-order valence-electron chi connectivity index (χ2n) is 6.94. The van der Waals surface area contributed by atoms with Crippen molar-refractivity contribution in [2.45, 2.75) is 18.7 Å². The van der Waals surface area contributed by atoms with Crippen molar-refractivity contribution in [1.82, 2.24) is 15.1 Å². The highest BCUT2D eigenvalue weighted by Gasteiger charge is 2.19. The van der Waals surface area contributed by atoms with Crippen molar-refractivity contribution in [1.29, 1.82) is 0 Å². The first-order valence-corrected chi connectivity index (χ1v) is 11.1. The van der Waals surface area contributed by atoms with Crippen LogP contribution in [0.25, 0.3) is 11.3 Å². The van der Waals surface area contributed by atoms with Gasteiger partial charge in [-0.2, -0.15) is 0 Å². The van der Waals surface area contributed by atoms with Crippen molar-refractivity contribution in [2.24, 2.45) is 0 Å². The van der Waals surface area contributed by atoms with Gasteiger partial charge in [-0.1, -0.05) is 17.3 Å². The van der Waals surface area contributed by atoms with Crippen LogP contribution in [0.15, 0.2) is 70.2 Å². The first-order chi connectivity index (χ1) is 15.4. The van der Waals surface area contributed by atoms with E-state index < -0.39 is 10.0 Å². The van der Waals surface area contributed by atoms with Crippen LogP contribution in [0.2, 0.25) is 0 Å². The van der Waals surface area contributed by atoms with Gasteiger partial charge in [-0.15, -0.1) is 0 Å². The molecule has 2 aromatic carbocycles. The summed E-state index contributed by atoms with van der Waals surface area (Å²) in [7, 11) is -2.21. The van der Waals surface area contributed by atoms with Gasteiger partial charge in [0.05, 0.1) is 23.4 Å². The number of benzene rings is 2. The van der Waals surface area contributed by atoms with Crippen LogP contribution >= 0.6 is 0 Å². The van der Waals surface area contributed by atoms with E-state index in [4.69, 9.17) is 9.26 Å². The molecule has 0 aliphatic heterocycles. The monoisotopic (exact) mass is 451 g/mol. The number of ether oxygens (including phenoxy) is 1. The highest BCUT2D eigenvalue weighted by Crippen LogP contribution is 2.29. The van der Waals surface area contributed by atoms with E-state index in [0.29, 0.717) is 34.3 Å². The average Bonchev–Trinajstić information content (AvgIpc) is 3.11. The predicted octanol–water partition coefficient (Wildman–Crippen LogP) is 4.30. The maximum absolute atomic E-state index is 12.6. The fourth-order valence-corrected chi connectivity index (χ4v) is 4.01. The molecule has 0 spiro atoms. The maximum atomic E-state index is 12.6. The zero-order chi connectivity index (χ0) is 22.7. The van der Waals surface area contributed by atoms with Gasteiger partial charge in [0.1, 0.15) is 5.75 Å². The molecule has 9 nitrogen and oxygen atoms in total. The molecular formula is C22H21N5O4S. The van der Waals surface area contributed by atoms with E-state index >= 15 is 0 Å². The fourth-order valence-electron chi connectivity index (χ4n) is 2.96. The summed E-state index contributed by atoms with van der Waals surface area (Å²) in [5.41, 5.74) is 3.43. The third-order valence-electron chi connectivity index (χ3n) is 4.84. The fraction of sp³-hybridized carbons (Fsp3) is 0.136. The summed E-state index contributed by atoms with van der Waals surface area (Å²) in [6.45, 7) is 3.47. The van der Waals surface area contributed by atoms with Crippen LogP contribution in [-0.2, 0) is 10.0 Å². The summed E-state index contributed by atoms with van der Waals surface area (Å²) in [6.07, 6.45) is 1.64. The Balaban J connectivity index is 1.52. The molecule has 0 radical (unpaired) electrons. The number of para-hydroxylation sites is 1. The van der Waals surface area contributed by atoms with E-state index in [1.807, 2.05) is 24.3 Å². The molecule has 164 valence electrons. The summed E-state index contributed by atoms with van der Waals surface area (Å²) in [6, 6.07) is 15.6. The Bertz CT molecular complexity index is 1350. The number of nitrogens with one attached hydrogen (secondary N) is 2. The topological polar surface area (TPSA) is 119 Å². The van der Waals surface area contributed by atoms with Gasteiger partial charge in [0.25, 0.3) is 10.0 Å². The van der Waals surface area contributed by atoms with E-state index in [-0.39, 0.29) is 10.8 Å². The highest BCUT2D eigenvalue weighted by atomic mass is 32.2. The number of rotatable bonds is 7. The second-order valence-corrected chi connectivity index (χ2v) is 8.63. The molecule has 0 bridgehead atoms. The standard InChI is InChI=1S/C22H21N5O4S/c1-14-15(2)26-31-21(14)27-32(28,29)17-10-8-16(9-11-17)24-22-23-13-12-19(25-22)18-6-4-5-7-20(18)30-3/h4-13,27H,1-3H3,(H,23,24,25). The van der Waals surface area contributed by atoms with Crippen LogP contribution in [-0.4, -0.2) is 30.7 Å². The lowest BCUT2D eigenvalue weighted by molar-refractivity contribution is 0.416. The number of methoxy groups -OCH3 is 1. The van der Waals surface area contributed by atoms with Crippen molar-refractivity contribution in [3.05, 3.63) is 72.1 Å². The number of nitrogens with zero attached hydrogens (tertiary/aromatic N) is 3. The van der Waals surface area contributed by atoms with Crippen LogP contribution < -0.4 is 14.8 Å². The molecule has 32 heavy (non-hydrogen) atoms. The minimum Gasteiger partial charge on any atom is -0.496 e. The van der Waals surface area contributed by atoms with Crippen LogP contribution in [0.3, 0.4) is 0 Å². The number of hydrogen-bond donors (Lipinski definition) is 2. The summed E-state index contributed by atoms with van der Waals surface area (Å²) >= 11 is 0. The quantitative estimate of drug-likeness (QED) is 0.427. The van der Waals surface area contributed by atoms with Crippen LogP contribution in [0.4, 0.5) is 17.5 Å². The molecule has 2 aromatic heterocycles. The lowest BCUT2D eigenvalue weighted by atomic mass is 10.1. The van der Waals surface area contributed by atoms with E-state index in [1.165, 1.54) is 12.1 Å². The molecule has 0 atom stereocenters. The van der Waals surface area contributed by atoms with Crippen molar-refractivity contribution in [2.75, 3.05) is 17.1 Å².